The van der Waals surface area contributed by atoms with Crippen molar-refractivity contribution in [1.29, 1.82) is 0 Å². The molecule has 2 rings (SSSR count). The Bertz CT molecular complexity index is 450. The first-order chi connectivity index (χ1) is 8.61. The molecule has 0 aliphatic carbocycles. The van der Waals surface area contributed by atoms with Gasteiger partial charge in [0, 0.05) is 19.3 Å². The Morgan fingerprint density at radius 2 is 2.44 bits per heavy atom. The van der Waals surface area contributed by atoms with Crippen LogP contribution in [0.2, 0.25) is 0 Å². The maximum atomic E-state index is 11.6. The van der Waals surface area contributed by atoms with E-state index >= 15 is 0 Å². The molecule has 0 bridgehead atoms. The number of carbonyl (C=O) groups excluding carboxylic acids is 1. The van der Waals surface area contributed by atoms with Crippen molar-refractivity contribution in [2.24, 2.45) is 0 Å². The van der Waals surface area contributed by atoms with Crippen LogP contribution in [-0.2, 0) is 4.74 Å². The van der Waals surface area contributed by atoms with Gasteiger partial charge < -0.3 is 14.7 Å². The Kier molecular flexibility index (Phi) is 3.76. The van der Waals surface area contributed by atoms with E-state index in [9.17, 15) is 9.90 Å². The maximum absolute atomic E-state index is 11.6. The van der Waals surface area contributed by atoms with Gasteiger partial charge in [-0.05, 0) is 20.3 Å². The summed E-state index contributed by atoms with van der Waals surface area (Å²) in [5.41, 5.74) is 0.986. The number of anilines is 1. The average Bonchev–Trinajstić information content (AvgIpc) is 2.76. The molecule has 0 aromatic carbocycles. The van der Waals surface area contributed by atoms with Gasteiger partial charge in [-0.3, -0.25) is 0 Å². The van der Waals surface area contributed by atoms with E-state index in [0.29, 0.717) is 30.4 Å². The standard InChI is InChI=1S/C12H17N3O3/c1-3-18-11(17)10-6-13-12(14-8(10)2)15-5-4-9(16)7-15/h6,9,16H,3-5,7H2,1-2H3/t9-/m0/s1. The molecule has 0 saturated carbocycles. The van der Waals surface area contributed by atoms with E-state index in [0.717, 1.165) is 13.0 Å². The van der Waals surface area contributed by atoms with E-state index in [1.165, 1.54) is 6.20 Å². The van der Waals surface area contributed by atoms with Crippen LogP contribution in [0.25, 0.3) is 0 Å². The van der Waals surface area contributed by atoms with Crippen molar-refractivity contribution in [3.8, 4) is 0 Å². The summed E-state index contributed by atoms with van der Waals surface area (Å²) >= 11 is 0. The number of rotatable bonds is 3. The number of nitrogens with zero attached hydrogens (tertiary/aromatic N) is 3. The second kappa shape index (κ2) is 5.30. The van der Waals surface area contributed by atoms with Crippen molar-refractivity contribution in [3.05, 3.63) is 17.5 Å². The number of carbonyl (C=O) groups is 1. The van der Waals surface area contributed by atoms with Crippen LogP contribution < -0.4 is 4.90 Å². The second-order valence-corrected chi connectivity index (χ2v) is 4.28. The van der Waals surface area contributed by atoms with Gasteiger partial charge in [0.1, 0.15) is 0 Å². The largest absolute Gasteiger partial charge is 0.462 e. The molecule has 2 heterocycles. The van der Waals surface area contributed by atoms with Gasteiger partial charge in [0.2, 0.25) is 5.95 Å². The summed E-state index contributed by atoms with van der Waals surface area (Å²) < 4.78 is 4.92. The number of esters is 1. The van der Waals surface area contributed by atoms with Gasteiger partial charge in [0.15, 0.2) is 0 Å². The molecule has 1 aromatic rings. The molecule has 18 heavy (non-hydrogen) atoms. The second-order valence-electron chi connectivity index (χ2n) is 4.28. The molecular weight excluding hydrogens is 234 g/mol. The minimum atomic E-state index is -0.400. The fraction of sp³-hybridized carbons (Fsp3) is 0.583. The maximum Gasteiger partial charge on any atom is 0.341 e. The lowest BCUT2D eigenvalue weighted by Crippen LogP contribution is -2.24. The molecular formula is C12H17N3O3. The Morgan fingerprint density at radius 1 is 1.67 bits per heavy atom. The SMILES string of the molecule is CCOC(=O)c1cnc(N2CC[C@H](O)C2)nc1C. The van der Waals surface area contributed by atoms with E-state index in [4.69, 9.17) is 4.74 Å². The van der Waals surface area contributed by atoms with Gasteiger partial charge in [-0.1, -0.05) is 0 Å². The van der Waals surface area contributed by atoms with E-state index in [1.54, 1.807) is 13.8 Å². The Hall–Kier alpha value is -1.69. The Labute approximate surface area is 106 Å². The fourth-order valence-corrected chi connectivity index (χ4v) is 1.94. The van der Waals surface area contributed by atoms with Crippen molar-refractivity contribution in [1.82, 2.24) is 9.97 Å². The highest BCUT2D eigenvalue weighted by molar-refractivity contribution is 5.90. The van der Waals surface area contributed by atoms with Gasteiger partial charge in [-0.15, -0.1) is 0 Å². The molecule has 1 fully saturated rings. The molecule has 1 aromatic heterocycles. The Morgan fingerprint density at radius 3 is 3.00 bits per heavy atom. The number of aliphatic hydroxyl groups is 1. The first kappa shape index (κ1) is 12.8. The van der Waals surface area contributed by atoms with Crippen LogP contribution in [0.4, 0.5) is 5.95 Å². The van der Waals surface area contributed by atoms with Crippen LogP contribution in [0.1, 0.15) is 29.4 Å². The average molecular weight is 251 g/mol. The van der Waals surface area contributed by atoms with Crippen LogP contribution in [0, 0.1) is 6.92 Å². The number of hydrogen-bond acceptors (Lipinski definition) is 6. The van der Waals surface area contributed by atoms with E-state index in [2.05, 4.69) is 9.97 Å². The highest BCUT2D eigenvalue weighted by atomic mass is 16.5. The normalized spacial score (nSPS) is 19.1. The number of aryl methyl sites for hydroxylation is 1. The molecule has 1 aliphatic heterocycles. The molecule has 0 spiro atoms. The predicted molar refractivity (Wildman–Crippen MR) is 65.6 cm³/mol. The van der Waals surface area contributed by atoms with Crippen LogP contribution in [0.3, 0.4) is 0 Å². The molecule has 6 heteroatoms. The van der Waals surface area contributed by atoms with E-state index < -0.39 is 5.97 Å². The topological polar surface area (TPSA) is 75.5 Å². The van der Waals surface area contributed by atoms with Gasteiger partial charge >= 0.3 is 5.97 Å². The summed E-state index contributed by atoms with van der Waals surface area (Å²) in [7, 11) is 0. The summed E-state index contributed by atoms with van der Waals surface area (Å²) in [6, 6.07) is 0. The molecule has 1 aliphatic rings. The molecule has 0 unspecified atom stereocenters. The highest BCUT2D eigenvalue weighted by Gasteiger charge is 2.23. The van der Waals surface area contributed by atoms with Crippen LogP contribution in [-0.4, -0.2) is 46.8 Å². The first-order valence-electron chi connectivity index (χ1n) is 6.05. The molecule has 0 amide bonds. The summed E-state index contributed by atoms with van der Waals surface area (Å²) in [5.74, 6) is 0.153. The smallest absolute Gasteiger partial charge is 0.341 e. The van der Waals surface area contributed by atoms with Crippen molar-refractivity contribution in [2.45, 2.75) is 26.4 Å². The van der Waals surface area contributed by atoms with Crippen molar-refractivity contribution in [2.75, 3.05) is 24.6 Å². The lowest BCUT2D eigenvalue weighted by molar-refractivity contribution is 0.0524. The lowest BCUT2D eigenvalue weighted by atomic mass is 10.2. The van der Waals surface area contributed by atoms with Crippen molar-refractivity contribution in [3.63, 3.8) is 0 Å². The highest BCUT2D eigenvalue weighted by Crippen LogP contribution is 2.17. The Balaban J connectivity index is 2.17. The molecule has 0 radical (unpaired) electrons. The summed E-state index contributed by atoms with van der Waals surface area (Å²) in [5, 5.41) is 9.47. The fourth-order valence-electron chi connectivity index (χ4n) is 1.94. The minimum Gasteiger partial charge on any atom is -0.462 e. The summed E-state index contributed by atoms with van der Waals surface area (Å²) in [6.45, 7) is 5.12. The van der Waals surface area contributed by atoms with Crippen molar-refractivity contribution < 1.29 is 14.6 Å². The van der Waals surface area contributed by atoms with Crippen LogP contribution in [0.15, 0.2) is 6.20 Å². The number of aromatic nitrogens is 2. The quantitative estimate of drug-likeness (QED) is 0.790. The van der Waals surface area contributed by atoms with Crippen LogP contribution >= 0.6 is 0 Å². The number of aliphatic hydroxyl groups excluding tert-OH is 1. The van der Waals surface area contributed by atoms with E-state index in [1.807, 2.05) is 4.90 Å². The van der Waals surface area contributed by atoms with Gasteiger partial charge in [-0.25, -0.2) is 14.8 Å². The number of hydrogen-bond donors (Lipinski definition) is 1. The third kappa shape index (κ3) is 2.59. The molecule has 1 atom stereocenters. The summed E-state index contributed by atoms with van der Waals surface area (Å²) in [6.07, 6.45) is 1.89. The first-order valence-corrected chi connectivity index (χ1v) is 6.05. The van der Waals surface area contributed by atoms with Crippen LogP contribution in [0.5, 0.6) is 0 Å². The molecule has 1 saturated heterocycles. The number of ether oxygens (including phenoxy) is 1. The zero-order valence-corrected chi connectivity index (χ0v) is 10.6. The van der Waals surface area contributed by atoms with Gasteiger partial charge in [0.25, 0.3) is 0 Å². The summed E-state index contributed by atoms with van der Waals surface area (Å²) in [4.78, 5) is 22.0. The monoisotopic (exact) mass is 251 g/mol. The predicted octanol–water partition coefficient (Wildman–Crippen LogP) is 0.533. The minimum absolute atomic E-state index is 0.321. The third-order valence-corrected chi connectivity index (χ3v) is 2.91. The van der Waals surface area contributed by atoms with E-state index in [-0.39, 0.29) is 6.10 Å². The molecule has 6 nitrogen and oxygen atoms in total. The van der Waals surface area contributed by atoms with Gasteiger partial charge in [0.05, 0.1) is 24.0 Å². The zero-order chi connectivity index (χ0) is 13.1. The van der Waals surface area contributed by atoms with Crippen molar-refractivity contribution >= 4 is 11.9 Å². The third-order valence-electron chi connectivity index (χ3n) is 2.91. The zero-order valence-electron chi connectivity index (χ0n) is 10.6. The van der Waals surface area contributed by atoms with Gasteiger partial charge in [-0.2, -0.15) is 0 Å². The molecule has 1 N–H and O–H groups in total. The molecule has 98 valence electrons. The number of β-amino-alcohol motifs (C(OH)–C–C–N with tert-alkyl or cyclic N) is 1. The lowest BCUT2D eigenvalue weighted by Gasteiger charge is -2.16.